The van der Waals surface area contributed by atoms with Gasteiger partial charge in [-0.05, 0) is 23.3 Å². The van der Waals surface area contributed by atoms with Gasteiger partial charge in [0.25, 0.3) is 0 Å². The highest BCUT2D eigenvalue weighted by Gasteiger charge is 2.41. The second-order valence-corrected chi connectivity index (χ2v) is 7.08. The third-order valence-corrected chi connectivity index (χ3v) is 5.40. The molecule has 1 aliphatic rings. The summed E-state index contributed by atoms with van der Waals surface area (Å²) in [7, 11) is 0. The topological polar surface area (TPSA) is 29.5 Å². The predicted octanol–water partition coefficient (Wildman–Crippen LogP) is 4.88. The Morgan fingerprint density at radius 1 is 1.09 bits per heavy atom. The molecule has 0 unspecified atom stereocenters. The van der Waals surface area contributed by atoms with E-state index >= 15 is 0 Å². The summed E-state index contributed by atoms with van der Waals surface area (Å²) in [5.74, 6) is 0. The quantitative estimate of drug-likeness (QED) is 0.557. The van der Waals surface area contributed by atoms with Crippen LogP contribution in [0.3, 0.4) is 0 Å². The van der Waals surface area contributed by atoms with E-state index in [1.54, 1.807) is 0 Å². The Morgan fingerprint density at radius 3 is 2.41 bits per heavy atom. The lowest BCUT2D eigenvalue weighted by atomic mass is 9.80. The highest BCUT2D eigenvalue weighted by molar-refractivity contribution is 14.1. The smallest absolute Gasteiger partial charge is 0.0949 e. The first-order valence-corrected chi connectivity index (χ1v) is 9.26. The zero-order chi connectivity index (χ0) is 15.6. The highest BCUT2D eigenvalue weighted by Crippen LogP contribution is 2.43. The van der Waals surface area contributed by atoms with Crippen LogP contribution in [0.15, 0.2) is 54.6 Å². The zero-order valence-electron chi connectivity index (χ0n) is 12.1. The third-order valence-electron chi connectivity index (χ3n) is 4.17. The van der Waals surface area contributed by atoms with Gasteiger partial charge >= 0.3 is 0 Å². The minimum Gasteiger partial charge on any atom is -0.385 e. The Balaban J connectivity index is 1.91. The summed E-state index contributed by atoms with van der Waals surface area (Å²) >= 11 is 8.29. The van der Waals surface area contributed by atoms with Crippen LogP contribution in [0.1, 0.15) is 30.1 Å². The fraction of sp³-hybridized carbons (Fsp3) is 0.333. The van der Waals surface area contributed by atoms with Crippen LogP contribution >= 0.6 is 34.2 Å². The molecule has 3 rings (SSSR count). The maximum absolute atomic E-state index is 11.2. The normalized spacial score (nSPS) is 28.5. The molecule has 22 heavy (non-hydrogen) atoms. The lowest BCUT2D eigenvalue weighted by Gasteiger charge is -2.41. The van der Waals surface area contributed by atoms with Gasteiger partial charge in [0.2, 0.25) is 0 Å². The van der Waals surface area contributed by atoms with Crippen molar-refractivity contribution in [3.63, 3.8) is 0 Å². The number of benzene rings is 2. The fourth-order valence-corrected chi connectivity index (χ4v) is 3.69. The van der Waals surface area contributed by atoms with Crippen LogP contribution in [0.4, 0.5) is 0 Å². The Kier molecular flexibility index (Phi) is 5.07. The third kappa shape index (κ3) is 3.48. The predicted molar refractivity (Wildman–Crippen MR) is 97.5 cm³/mol. The van der Waals surface area contributed by atoms with E-state index in [1.807, 2.05) is 54.6 Å². The molecular weight excluding hydrogens is 411 g/mol. The first-order chi connectivity index (χ1) is 10.6. The average Bonchev–Trinajstić information content (AvgIpc) is 2.56. The van der Waals surface area contributed by atoms with Crippen LogP contribution < -0.4 is 0 Å². The molecule has 1 N–H and O–H groups in total. The molecule has 1 heterocycles. The monoisotopic (exact) mass is 428 g/mol. The summed E-state index contributed by atoms with van der Waals surface area (Å²) < 4.78 is 7.03. The maximum atomic E-state index is 11.2. The van der Waals surface area contributed by atoms with E-state index in [9.17, 15) is 5.11 Å². The largest absolute Gasteiger partial charge is 0.385 e. The summed E-state index contributed by atoms with van der Waals surface area (Å²) in [6.45, 7) is 0. The molecule has 116 valence electrons. The van der Waals surface area contributed by atoms with E-state index in [2.05, 4.69) is 22.6 Å². The summed E-state index contributed by atoms with van der Waals surface area (Å²) in [5.41, 5.74) is 1.18. The van der Waals surface area contributed by atoms with Crippen LogP contribution in [-0.2, 0) is 10.3 Å². The van der Waals surface area contributed by atoms with Gasteiger partial charge in [0.1, 0.15) is 0 Å². The van der Waals surface area contributed by atoms with Gasteiger partial charge in [-0.3, -0.25) is 0 Å². The van der Waals surface area contributed by atoms with Crippen LogP contribution in [-0.4, -0.2) is 15.6 Å². The zero-order valence-corrected chi connectivity index (χ0v) is 15.0. The van der Waals surface area contributed by atoms with Crippen LogP contribution in [0.5, 0.6) is 0 Å². The Morgan fingerprint density at radius 2 is 1.77 bits per heavy atom. The molecule has 4 heteroatoms. The molecule has 2 aromatic rings. The number of hydrogen-bond acceptors (Lipinski definition) is 2. The minimum absolute atomic E-state index is 0.0419. The van der Waals surface area contributed by atoms with Crippen molar-refractivity contribution >= 4 is 34.2 Å². The lowest BCUT2D eigenvalue weighted by molar-refractivity contribution is -0.141. The van der Waals surface area contributed by atoms with E-state index in [1.165, 1.54) is 0 Å². The van der Waals surface area contributed by atoms with Crippen molar-refractivity contribution in [2.45, 2.75) is 30.7 Å². The molecule has 0 spiro atoms. The SMILES string of the molecule is O[C@]1(c2ccccc2)C[C@H](CI)O[C@@H](c2ccc(Cl)cc2)C1. The van der Waals surface area contributed by atoms with Crippen molar-refractivity contribution in [1.82, 2.24) is 0 Å². The van der Waals surface area contributed by atoms with Crippen molar-refractivity contribution in [3.8, 4) is 0 Å². The minimum atomic E-state index is -0.848. The molecule has 0 amide bonds. The molecule has 2 aromatic carbocycles. The molecule has 0 bridgehead atoms. The van der Waals surface area contributed by atoms with Gasteiger partial charge in [-0.15, -0.1) is 0 Å². The van der Waals surface area contributed by atoms with E-state index in [0.717, 1.165) is 15.6 Å². The highest BCUT2D eigenvalue weighted by atomic mass is 127. The fourth-order valence-electron chi connectivity index (χ4n) is 3.04. The molecule has 0 aromatic heterocycles. The van der Waals surface area contributed by atoms with Gasteiger partial charge in [0.05, 0.1) is 17.8 Å². The van der Waals surface area contributed by atoms with Crippen molar-refractivity contribution in [3.05, 3.63) is 70.7 Å². The molecule has 0 radical (unpaired) electrons. The average molecular weight is 429 g/mol. The van der Waals surface area contributed by atoms with Crippen LogP contribution in [0, 0.1) is 0 Å². The van der Waals surface area contributed by atoms with E-state index in [0.29, 0.717) is 17.9 Å². The standard InChI is InChI=1S/C18H18ClIO2/c19-15-8-6-13(7-9-15)17-11-18(21,10-16(12-20)22-17)14-4-2-1-3-5-14/h1-9,16-17,21H,10-12H2/t16-,17-,18-/m1/s1. The molecule has 0 saturated carbocycles. The Labute approximate surface area is 149 Å². The van der Waals surface area contributed by atoms with Crippen molar-refractivity contribution in [2.24, 2.45) is 0 Å². The van der Waals surface area contributed by atoms with Gasteiger partial charge in [0.15, 0.2) is 0 Å². The maximum Gasteiger partial charge on any atom is 0.0949 e. The Bertz CT molecular complexity index is 617. The van der Waals surface area contributed by atoms with Crippen molar-refractivity contribution < 1.29 is 9.84 Å². The van der Waals surface area contributed by atoms with Crippen molar-refractivity contribution in [2.75, 3.05) is 4.43 Å². The van der Waals surface area contributed by atoms with E-state index in [4.69, 9.17) is 16.3 Å². The molecule has 0 aliphatic carbocycles. The van der Waals surface area contributed by atoms with E-state index in [-0.39, 0.29) is 12.2 Å². The summed E-state index contributed by atoms with van der Waals surface area (Å²) in [6.07, 6.45) is 1.12. The molecule has 3 atom stereocenters. The first-order valence-electron chi connectivity index (χ1n) is 7.35. The van der Waals surface area contributed by atoms with Gasteiger partial charge in [0, 0.05) is 22.3 Å². The lowest BCUT2D eigenvalue weighted by Crippen LogP contribution is -2.40. The molecule has 1 fully saturated rings. The van der Waals surface area contributed by atoms with Crippen molar-refractivity contribution in [1.29, 1.82) is 0 Å². The van der Waals surface area contributed by atoms with Crippen LogP contribution in [0.2, 0.25) is 5.02 Å². The second-order valence-electron chi connectivity index (χ2n) is 5.76. The van der Waals surface area contributed by atoms with Gasteiger partial charge in [-0.2, -0.15) is 0 Å². The summed E-state index contributed by atoms with van der Waals surface area (Å²) in [5, 5.41) is 11.9. The second kappa shape index (κ2) is 6.87. The molecule has 1 saturated heterocycles. The van der Waals surface area contributed by atoms with E-state index < -0.39 is 5.60 Å². The number of ether oxygens (including phenoxy) is 1. The number of halogens is 2. The van der Waals surface area contributed by atoms with Crippen LogP contribution in [0.25, 0.3) is 0 Å². The number of hydrogen-bond donors (Lipinski definition) is 1. The number of alkyl halides is 1. The van der Waals surface area contributed by atoms with Gasteiger partial charge in [-0.25, -0.2) is 0 Å². The number of aliphatic hydroxyl groups is 1. The summed E-state index contributed by atoms with van der Waals surface area (Å²) in [4.78, 5) is 0. The van der Waals surface area contributed by atoms with Gasteiger partial charge < -0.3 is 9.84 Å². The first kappa shape index (κ1) is 16.2. The molecular formula is C18H18ClIO2. The molecule has 1 aliphatic heterocycles. The number of rotatable bonds is 3. The summed E-state index contributed by atoms with van der Waals surface area (Å²) in [6, 6.07) is 17.6. The Hall–Kier alpha value is -0.620. The molecule has 2 nitrogen and oxygen atoms in total. The van der Waals surface area contributed by atoms with Gasteiger partial charge in [-0.1, -0.05) is 76.7 Å².